The molecule has 0 saturated carbocycles. The van der Waals surface area contributed by atoms with Gasteiger partial charge in [0.1, 0.15) is 11.2 Å². The maximum Gasteiger partial charge on any atom is 0.284 e. The monoisotopic (exact) mass is 371 g/mol. The predicted octanol–water partition coefficient (Wildman–Crippen LogP) is 2.74. The first-order chi connectivity index (χ1) is 12.1. The number of aromatic nitrogens is 4. The molecule has 0 atom stereocenters. The Bertz CT molecular complexity index is 1170. The van der Waals surface area contributed by atoms with E-state index in [2.05, 4.69) is 17.0 Å². The lowest BCUT2D eigenvalue weighted by atomic mass is 10.1. The maximum absolute atomic E-state index is 13.0. The molecule has 126 valence electrons. The van der Waals surface area contributed by atoms with E-state index in [0.29, 0.717) is 10.8 Å². The summed E-state index contributed by atoms with van der Waals surface area (Å²) >= 11 is 7.58. The molecule has 4 heterocycles. The molecule has 0 radical (unpaired) electrons. The Morgan fingerprint density at radius 3 is 2.84 bits per heavy atom. The Labute approximate surface area is 151 Å². The fraction of sp³-hybridized carbons (Fsp3) is 0.235. The van der Waals surface area contributed by atoms with Crippen molar-refractivity contribution in [3.8, 4) is 5.69 Å². The molecule has 4 aromatic rings. The van der Waals surface area contributed by atoms with Crippen LogP contribution in [0.25, 0.3) is 21.7 Å². The first-order valence-corrected chi connectivity index (χ1v) is 9.16. The fourth-order valence-corrected chi connectivity index (χ4v) is 4.76. The van der Waals surface area contributed by atoms with Gasteiger partial charge in [-0.25, -0.2) is 4.98 Å². The molecule has 0 saturated heterocycles. The highest BCUT2D eigenvalue weighted by atomic mass is 35.5. The second-order valence-corrected chi connectivity index (χ2v) is 7.80. The summed E-state index contributed by atoms with van der Waals surface area (Å²) in [5.74, 6) is 0.520. The standard InChI is InChI=1S/C17H14ClN5OS/c1-21-7-6-12-13(8-21)25-15-14(12)16(24)23-17(20-15)22(9-19-23)11-4-2-10(18)3-5-11/h2-5,9H,6-8H2,1H3. The van der Waals surface area contributed by atoms with Crippen molar-refractivity contribution in [2.24, 2.45) is 0 Å². The molecule has 1 aliphatic heterocycles. The highest BCUT2D eigenvalue weighted by molar-refractivity contribution is 7.18. The van der Waals surface area contributed by atoms with Gasteiger partial charge in [0.2, 0.25) is 5.78 Å². The van der Waals surface area contributed by atoms with Gasteiger partial charge in [0.25, 0.3) is 5.56 Å². The van der Waals surface area contributed by atoms with Crippen molar-refractivity contribution >= 4 is 38.9 Å². The minimum atomic E-state index is -0.0882. The quantitative estimate of drug-likeness (QED) is 0.516. The van der Waals surface area contributed by atoms with Gasteiger partial charge in [-0.3, -0.25) is 9.36 Å². The smallest absolute Gasteiger partial charge is 0.284 e. The van der Waals surface area contributed by atoms with Crippen LogP contribution in [0.3, 0.4) is 0 Å². The summed E-state index contributed by atoms with van der Waals surface area (Å²) in [5.41, 5.74) is 1.92. The van der Waals surface area contributed by atoms with Crippen LogP contribution in [0.4, 0.5) is 0 Å². The summed E-state index contributed by atoms with van der Waals surface area (Å²) in [7, 11) is 2.10. The first kappa shape index (κ1) is 15.1. The van der Waals surface area contributed by atoms with Crippen molar-refractivity contribution in [2.75, 3.05) is 13.6 Å². The molecule has 25 heavy (non-hydrogen) atoms. The summed E-state index contributed by atoms with van der Waals surface area (Å²) < 4.78 is 3.20. The first-order valence-electron chi connectivity index (χ1n) is 7.97. The molecule has 0 unspecified atom stereocenters. The molecule has 1 aliphatic rings. The Balaban J connectivity index is 1.79. The normalized spacial score (nSPS) is 15.1. The van der Waals surface area contributed by atoms with E-state index < -0.39 is 0 Å². The van der Waals surface area contributed by atoms with E-state index in [0.717, 1.165) is 41.0 Å². The van der Waals surface area contributed by atoms with Crippen LogP contribution in [0.15, 0.2) is 35.4 Å². The molecule has 0 bridgehead atoms. The van der Waals surface area contributed by atoms with Crippen LogP contribution >= 0.6 is 22.9 Å². The topological polar surface area (TPSA) is 55.4 Å². The third kappa shape index (κ3) is 2.23. The van der Waals surface area contributed by atoms with Gasteiger partial charge in [-0.05, 0) is 43.3 Å². The molecule has 6 nitrogen and oxygen atoms in total. The van der Waals surface area contributed by atoms with Crippen LogP contribution < -0.4 is 5.56 Å². The van der Waals surface area contributed by atoms with E-state index in [1.54, 1.807) is 17.7 Å². The van der Waals surface area contributed by atoms with Crippen molar-refractivity contribution in [2.45, 2.75) is 13.0 Å². The van der Waals surface area contributed by atoms with Crippen molar-refractivity contribution < 1.29 is 0 Å². The molecule has 0 aliphatic carbocycles. The van der Waals surface area contributed by atoms with Crippen LogP contribution in [0.1, 0.15) is 10.4 Å². The van der Waals surface area contributed by atoms with Crippen molar-refractivity contribution in [1.29, 1.82) is 0 Å². The van der Waals surface area contributed by atoms with E-state index in [1.807, 2.05) is 28.8 Å². The van der Waals surface area contributed by atoms with Gasteiger partial charge in [0, 0.05) is 23.0 Å². The second-order valence-electron chi connectivity index (χ2n) is 6.28. The molecule has 5 rings (SSSR count). The molecular weight excluding hydrogens is 358 g/mol. The van der Waals surface area contributed by atoms with Crippen molar-refractivity contribution in [1.82, 2.24) is 24.1 Å². The van der Waals surface area contributed by atoms with Gasteiger partial charge in [-0.1, -0.05) is 11.6 Å². The summed E-state index contributed by atoms with van der Waals surface area (Å²) in [4.78, 5) is 22.1. The number of halogens is 1. The van der Waals surface area contributed by atoms with E-state index >= 15 is 0 Å². The molecule has 1 aromatic carbocycles. The lowest BCUT2D eigenvalue weighted by molar-refractivity contribution is 0.318. The summed E-state index contributed by atoms with van der Waals surface area (Å²) in [6.07, 6.45) is 2.50. The van der Waals surface area contributed by atoms with Gasteiger partial charge >= 0.3 is 0 Å². The third-order valence-corrected chi connectivity index (χ3v) is 5.99. The van der Waals surface area contributed by atoms with Gasteiger partial charge in [-0.15, -0.1) is 11.3 Å². The molecule has 0 fully saturated rings. The summed E-state index contributed by atoms with van der Waals surface area (Å²) in [5, 5.41) is 5.67. The number of rotatable bonds is 1. The van der Waals surface area contributed by atoms with Crippen molar-refractivity contribution in [3.05, 3.63) is 56.4 Å². The summed E-state index contributed by atoms with van der Waals surface area (Å²) in [6, 6.07) is 7.39. The lowest BCUT2D eigenvalue weighted by Gasteiger charge is -2.21. The zero-order chi connectivity index (χ0) is 17.1. The maximum atomic E-state index is 13.0. The lowest BCUT2D eigenvalue weighted by Crippen LogP contribution is -2.26. The number of benzene rings is 1. The van der Waals surface area contributed by atoms with E-state index in [1.165, 1.54) is 9.39 Å². The van der Waals surface area contributed by atoms with Crippen LogP contribution in [-0.2, 0) is 13.0 Å². The average molecular weight is 372 g/mol. The third-order valence-electron chi connectivity index (χ3n) is 4.63. The van der Waals surface area contributed by atoms with Crippen LogP contribution in [0.2, 0.25) is 5.02 Å². The average Bonchev–Trinajstić information content (AvgIpc) is 3.17. The minimum absolute atomic E-state index is 0.0882. The number of hydrogen-bond donors (Lipinski definition) is 0. The van der Waals surface area contributed by atoms with E-state index in [4.69, 9.17) is 16.6 Å². The van der Waals surface area contributed by atoms with Crippen LogP contribution in [0, 0.1) is 0 Å². The highest BCUT2D eigenvalue weighted by Crippen LogP contribution is 2.32. The van der Waals surface area contributed by atoms with Crippen LogP contribution in [-0.4, -0.2) is 37.7 Å². The Kier molecular flexibility index (Phi) is 3.25. The predicted molar refractivity (Wildman–Crippen MR) is 99.0 cm³/mol. The van der Waals surface area contributed by atoms with Gasteiger partial charge in [-0.2, -0.15) is 9.61 Å². The molecule has 3 aromatic heterocycles. The minimum Gasteiger partial charge on any atom is -0.301 e. The number of nitrogens with zero attached hydrogens (tertiary/aromatic N) is 5. The van der Waals surface area contributed by atoms with Gasteiger partial charge in [0.15, 0.2) is 0 Å². The Morgan fingerprint density at radius 1 is 1.24 bits per heavy atom. The molecular formula is C17H14ClN5OS. The molecule has 0 N–H and O–H groups in total. The molecule has 8 heteroatoms. The number of thiophene rings is 1. The SMILES string of the molecule is CN1CCc2c(sc3nc4n(-c5ccc(Cl)cc5)cnn4c(=O)c23)C1. The van der Waals surface area contributed by atoms with Crippen LogP contribution in [0.5, 0.6) is 0 Å². The fourth-order valence-electron chi connectivity index (χ4n) is 3.35. The number of fused-ring (bicyclic) bond motifs is 4. The second kappa shape index (κ2) is 5.39. The van der Waals surface area contributed by atoms with Gasteiger partial charge < -0.3 is 4.90 Å². The number of likely N-dealkylation sites (N-methyl/N-ethyl adjacent to an activating group) is 1. The molecule has 0 spiro atoms. The van der Waals surface area contributed by atoms with Gasteiger partial charge in [0.05, 0.1) is 11.1 Å². The number of hydrogen-bond acceptors (Lipinski definition) is 5. The highest BCUT2D eigenvalue weighted by Gasteiger charge is 2.23. The van der Waals surface area contributed by atoms with Crippen molar-refractivity contribution in [3.63, 3.8) is 0 Å². The Morgan fingerprint density at radius 2 is 2.04 bits per heavy atom. The summed E-state index contributed by atoms with van der Waals surface area (Å²) in [6.45, 7) is 1.83. The largest absolute Gasteiger partial charge is 0.301 e. The van der Waals surface area contributed by atoms with E-state index in [-0.39, 0.29) is 5.56 Å². The zero-order valence-corrected chi connectivity index (χ0v) is 15.0. The Hall–Kier alpha value is -2.22. The van der Waals surface area contributed by atoms with E-state index in [9.17, 15) is 4.79 Å². The zero-order valence-electron chi connectivity index (χ0n) is 13.4. The molecule has 0 amide bonds.